The molecule has 0 aromatic heterocycles. The summed E-state index contributed by atoms with van der Waals surface area (Å²) in [5, 5.41) is 3.50. The van der Waals surface area contributed by atoms with Crippen LogP contribution < -0.4 is 5.32 Å². The van der Waals surface area contributed by atoms with Gasteiger partial charge in [0.1, 0.15) is 0 Å². The minimum atomic E-state index is 0.326. The molecule has 1 N–H and O–H groups in total. The minimum Gasteiger partial charge on any atom is -0.379 e. The minimum absolute atomic E-state index is 0.326. The predicted octanol–water partition coefficient (Wildman–Crippen LogP) is 1.11. The average Bonchev–Trinajstić information content (AvgIpc) is 2.29. The van der Waals surface area contributed by atoms with Crippen molar-refractivity contribution in [3.63, 3.8) is 0 Å². The highest BCUT2D eigenvalue weighted by Crippen LogP contribution is 2.07. The molecule has 102 valence electrons. The molecule has 1 aliphatic heterocycles. The first-order chi connectivity index (χ1) is 8.09. The molecule has 0 radical (unpaired) electrons. The molecule has 2 unspecified atom stereocenters. The molecular formula is C13H28N2O2. The molecule has 0 aromatic carbocycles. The van der Waals surface area contributed by atoms with Crippen molar-refractivity contribution in [2.45, 2.75) is 45.4 Å². The zero-order chi connectivity index (χ0) is 12.7. The summed E-state index contributed by atoms with van der Waals surface area (Å²) in [4.78, 5) is 2.36. The monoisotopic (exact) mass is 244 g/mol. The molecule has 0 bridgehead atoms. The number of hydrogen-bond donors (Lipinski definition) is 1. The van der Waals surface area contributed by atoms with E-state index in [1.54, 1.807) is 0 Å². The van der Waals surface area contributed by atoms with Crippen LogP contribution in [0.25, 0.3) is 0 Å². The summed E-state index contributed by atoms with van der Waals surface area (Å²) < 4.78 is 11.0. The van der Waals surface area contributed by atoms with E-state index in [4.69, 9.17) is 9.47 Å². The molecule has 17 heavy (non-hydrogen) atoms. The SMILES string of the molecule is CC(C)OCCN(C)C(C)CC1COCCN1. The maximum Gasteiger partial charge on any atom is 0.0620 e. The molecule has 4 heteroatoms. The van der Waals surface area contributed by atoms with Gasteiger partial charge in [-0.2, -0.15) is 0 Å². The lowest BCUT2D eigenvalue weighted by molar-refractivity contribution is 0.0450. The Hall–Kier alpha value is -0.160. The Morgan fingerprint density at radius 3 is 2.76 bits per heavy atom. The maximum absolute atomic E-state index is 5.57. The molecule has 1 saturated heterocycles. The highest BCUT2D eigenvalue weighted by atomic mass is 16.5. The quantitative estimate of drug-likeness (QED) is 0.727. The number of likely N-dealkylation sites (N-methyl/N-ethyl adjacent to an activating group) is 1. The maximum atomic E-state index is 5.57. The molecule has 0 amide bonds. The molecular weight excluding hydrogens is 216 g/mol. The highest BCUT2D eigenvalue weighted by Gasteiger charge is 2.18. The second-order valence-electron chi connectivity index (χ2n) is 5.21. The summed E-state index contributed by atoms with van der Waals surface area (Å²) >= 11 is 0. The van der Waals surface area contributed by atoms with Gasteiger partial charge in [-0.25, -0.2) is 0 Å². The first kappa shape index (κ1) is 14.9. The summed E-state index contributed by atoms with van der Waals surface area (Å²) in [6.07, 6.45) is 1.46. The molecule has 1 fully saturated rings. The fourth-order valence-corrected chi connectivity index (χ4v) is 2.02. The van der Waals surface area contributed by atoms with Gasteiger partial charge in [0.25, 0.3) is 0 Å². The van der Waals surface area contributed by atoms with Gasteiger partial charge in [0.15, 0.2) is 0 Å². The van der Waals surface area contributed by atoms with Crippen LogP contribution in [-0.2, 0) is 9.47 Å². The summed E-state index contributed by atoms with van der Waals surface area (Å²) in [5.41, 5.74) is 0. The number of ether oxygens (including phenoxy) is 2. The Kier molecular flexibility index (Phi) is 7.04. The molecule has 0 saturated carbocycles. The van der Waals surface area contributed by atoms with Crippen molar-refractivity contribution >= 4 is 0 Å². The molecule has 0 aliphatic carbocycles. The van der Waals surface area contributed by atoms with Gasteiger partial charge in [-0.15, -0.1) is 0 Å². The van der Waals surface area contributed by atoms with E-state index in [0.29, 0.717) is 18.2 Å². The normalized spacial score (nSPS) is 23.3. The Morgan fingerprint density at radius 1 is 1.41 bits per heavy atom. The first-order valence-corrected chi connectivity index (χ1v) is 6.72. The van der Waals surface area contributed by atoms with E-state index in [1.165, 1.54) is 0 Å². The van der Waals surface area contributed by atoms with Gasteiger partial charge >= 0.3 is 0 Å². The Balaban J connectivity index is 2.14. The largest absolute Gasteiger partial charge is 0.379 e. The molecule has 2 atom stereocenters. The van der Waals surface area contributed by atoms with Crippen LogP contribution in [0.2, 0.25) is 0 Å². The van der Waals surface area contributed by atoms with Crippen molar-refractivity contribution in [3.05, 3.63) is 0 Å². The van der Waals surface area contributed by atoms with Crippen molar-refractivity contribution in [2.24, 2.45) is 0 Å². The third-order valence-electron chi connectivity index (χ3n) is 3.27. The smallest absolute Gasteiger partial charge is 0.0620 e. The van der Waals surface area contributed by atoms with Crippen LogP contribution >= 0.6 is 0 Å². The zero-order valence-electron chi connectivity index (χ0n) is 11.7. The van der Waals surface area contributed by atoms with Gasteiger partial charge in [-0.1, -0.05) is 0 Å². The summed E-state index contributed by atoms with van der Waals surface area (Å²) in [6, 6.07) is 1.07. The molecule has 4 nitrogen and oxygen atoms in total. The third-order valence-corrected chi connectivity index (χ3v) is 3.27. The van der Waals surface area contributed by atoms with Crippen LogP contribution in [0.1, 0.15) is 27.2 Å². The molecule has 0 aromatic rings. The van der Waals surface area contributed by atoms with E-state index >= 15 is 0 Å². The molecule has 0 spiro atoms. The molecule has 1 aliphatic rings. The zero-order valence-corrected chi connectivity index (χ0v) is 11.7. The van der Waals surface area contributed by atoms with E-state index in [2.05, 4.69) is 38.0 Å². The highest BCUT2D eigenvalue weighted by molar-refractivity contribution is 4.76. The van der Waals surface area contributed by atoms with Gasteiger partial charge in [0, 0.05) is 25.2 Å². The lowest BCUT2D eigenvalue weighted by atomic mass is 10.1. The standard InChI is InChI=1S/C13H28N2O2/c1-11(2)17-8-6-15(4)12(3)9-13-10-16-7-5-14-13/h11-14H,5-10H2,1-4H3. The van der Waals surface area contributed by atoms with Gasteiger partial charge in [0.2, 0.25) is 0 Å². The number of hydrogen-bond acceptors (Lipinski definition) is 4. The Labute approximate surface area is 106 Å². The third kappa shape index (κ3) is 6.36. The first-order valence-electron chi connectivity index (χ1n) is 6.72. The predicted molar refractivity (Wildman–Crippen MR) is 70.4 cm³/mol. The van der Waals surface area contributed by atoms with E-state index < -0.39 is 0 Å². The van der Waals surface area contributed by atoms with Crippen LogP contribution in [0.4, 0.5) is 0 Å². The van der Waals surface area contributed by atoms with Gasteiger partial charge < -0.3 is 19.7 Å². The lowest BCUT2D eigenvalue weighted by Gasteiger charge is -2.31. The van der Waals surface area contributed by atoms with Crippen molar-refractivity contribution in [3.8, 4) is 0 Å². The second-order valence-corrected chi connectivity index (χ2v) is 5.21. The number of nitrogens with zero attached hydrogens (tertiary/aromatic N) is 1. The number of rotatable bonds is 7. The van der Waals surface area contributed by atoms with Crippen LogP contribution in [0.5, 0.6) is 0 Å². The summed E-state index contributed by atoms with van der Waals surface area (Å²) in [7, 11) is 2.16. The van der Waals surface area contributed by atoms with Crippen LogP contribution in [0, 0.1) is 0 Å². The van der Waals surface area contributed by atoms with Crippen LogP contribution in [-0.4, -0.2) is 63.0 Å². The lowest BCUT2D eigenvalue weighted by Crippen LogP contribution is -2.45. The van der Waals surface area contributed by atoms with Crippen molar-refractivity contribution in [1.29, 1.82) is 0 Å². The van der Waals surface area contributed by atoms with Gasteiger partial charge in [-0.3, -0.25) is 0 Å². The molecule has 1 heterocycles. The second kappa shape index (κ2) is 8.03. The fraction of sp³-hybridized carbons (Fsp3) is 1.00. The fourth-order valence-electron chi connectivity index (χ4n) is 2.02. The van der Waals surface area contributed by atoms with Crippen molar-refractivity contribution in [2.75, 3.05) is 40.0 Å². The number of morpholine rings is 1. The van der Waals surface area contributed by atoms with E-state index in [1.807, 2.05) is 0 Å². The van der Waals surface area contributed by atoms with Gasteiger partial charge in [-0.05, 0) is 34.2 Å². The van der Waals surface area contributed by atoms with Crippen molar-refractivity contribution < 1.29 is 9.47 Å². The summed E-state index contributed by atoms with van der Waals surface area (Å²) in [6.45, 7) is 10.9. The molecule has 1 rings (SSSR count). The Bertz CT molecular complexity index is 194. The number of nitrogens with one attached hydrogen (secondary N) is 1. The van der Waals surface area contributed by atoms with E-state index in [9.17, 15) is 0 Å². The topological polar surface area (TPSA) is 33.7 Å². The van der Waals surface area contributed by atoms with E-state index in [0.717, 1.165) is 39.3 Å². The van der Waals surface area contributed by atoms with Crippen LogP contribution in [0.15, 0.2) is 0 Å². The van der Waals surface area contributed by atoms with Gasteiger partial charge in [0.05, 0.1) is 25.9 Å². The van der Waals surface area contributed by atoms with E-state index in [-0.39, 0.29) is 0 Å². The summed E-state index contributed by atoms with van der Waals surface area (Å²) in [5.74, 6) is 0. The van der Waals surface area contributed by atoms with Crippen LogP contribution in [0.3, 0.4) is 0 Å². The van der Waals surface area contributed by atoms with Crippen molar-refractivity contribution in [1.82, 2.24) is 10.2 Å². The Morgan fingerprint density at radius 2 is 2.18 bits per heavy atom. The average molecular weight is 244 g/mol.